The average Bonchev–Trinajstić information content (AvgIpc) is 2.67. The number of rotatable bonds is 2. The van der Waals surface area contributed by atoms with E-state index >= 15 is 0 Å². The van der Waals surface area contributed by atoms with Gasteiger partial charge in [-0.3, -0.25) is 0 Å². The molecule has 0 unspecified atom stereocenters. The largest absolute Gasteiger partial charge is 0.478 e. The molecule has 2 aliphatic heterocycles. The van der Waals surface area contributed by atoms with E-state index in [-0.39, 0.29) is 11.2 Å². The maximum absolute atomic E-state index is 11.8. The van der Waals surface area contributed by atoms with Crippen LogP contribution in [0.3, 0.4) is 0 Å². The van der Waals surface area contributed by atoms with E-state index in [1.54, 1.807) is 6.07 Å². The Hall–Kier alpha value is -1.66. The lowest BCUT2D eigenvalue weighted by Gasteiger charge is -2.47. The Labute approximate surface area is 142 Å². The lowest BCUT2D eigenvalue weighted by molar-refractivity contribution is -0.133. The lowest BCUT2D eigenvalue weighted by atomic mass is 9.97. The van der Waals surface area contributed by atoms with Crippen molar-refractivity contribution in [2.75, 3.05) is 31.2 Å². The van der Waals surface area contributed by atoms with Crippen molar-refractivity contribution in [2.45, 2.75) is 51.7 Å². The first-order chi connectivity index (χ1) is 11.2. The molecule has 0 radical (unpaired) electrons. The van der Waals surface area contributed by atoms with Gasteiger partial charge < -0.3 is 19.5 Å². The summed E-state index contributed by atoms with van der Waals surface area (Å²) in [6.07, 6.45) is 1.25. The number of anilines is 1. The van der Waals surface area contributed by atoms with Gasteiger partial charge >= 0.3 is 5.97 Å². The summed E-state index contributed by atoms with van der Waals surface area (Å²) in [5.41, 5.74) is 1.38. The van der Waals surface area contributed by atoms with Crippen LogP contribution >= 0.6 is 0 Å². The van der Waals surface area contributed by atoms with E-state index in [1.807, 2.05) is 0 Å². The summed E-state index contributed by atoms with van der Waals surface area (Å²) in [4.78, 5) is 18.7. The fourth-order valence-corrected chi connectivity index (χ4v) is 3.84. The third-order valence-electron chi connectivity index (χ3n) is 4.43. The van der Waals surface area contributed by atoms with Gasteiger partial charge in [-0.25, -0.2) is 9.78 Å². The number of aromatic nitrogens is 1. The summed E-state index contributed by atoms with van der Waals surface area (Å²) < 4.78 is 11.6. The molecule has 0 amide bonds. The maximum Gasteiger partial charge on any atom is 0.336 e. The van der Waals surface area contributed by atoms with Crippen molar-refractivity contribution in [1.29, 1.82) is 0 Å². The van der Waals surface area contributed by atoms with E-state index in [9.17, 15) is 9.90 Å². The van der Waals surface area contributed by atoms with Gasteiger partial charge in [-0.15, -0.1) is 0 Å². The third-order valence-corrected chi connectivity index (χ3v) is 4.43. The van der Waals surface area contributed by atoms with Crippen LogP contribution in [-0.2, 0) is 22.3 Å². The number of nitrogens with zero attached hydrogens (tertiary/aromatic N) is 2. The minimum absolute atomic E-state index is 0.317. The van der Waals surface area contributed by atoms with Crippen molar-refractivity contribution in [3.63, 3.8) is 0 Å². The molecule has 3 rings (SSSR count). The summed E-state index contributed by atoms with van der Waals surface area (Å²) in [6, 6.07) is 1.71. The van der Waals surface area contributed by atoms with Crippen LogP contribution in [0.1, 0.15) is 49.3 Å². The van der Waals surface area contributed by atoms with Gasteiger partial charge in [0.15, 0.2) is 0 Å². The first-order valence-electron chi connectivity index (χ1n) is 8.46. The quantitative estimate of drug-likeness (QED) is 0.895. The number of hydrogen-bond acceptors (Lipinski definition) is 5. The van der Waals surface area contributed by atoms with Crippen molar-refractivity contribution < 1.29 is 19.4 Å². The van der Waals surface area contributed by atoms with Crippen molar-refractivity contribution in [1.82, 2.24) is 4.98 Å². The van der Waals surface area contributed by atoms with Gasteiger partial charge in [0.2, 0.25) is 0 Å². The average molecular weight is 334 g/mol. The number of hydrogen-bond donors (Lipinski definition) is 1. The summed E-state index contributed by atoms with van der Waals surface area (Å²) in [5, 5.41) is 9.65. The zero-order valence-corrected chi connectivity index (χ0v) is 14.9. The van der Waals surface area contributed by atoms with Crippen molar-refractivity contribution in [3.05, 3.63) is 22.9 Å². The standard InChI is InChI=1S/C18H26N2O4/c1-17(2)10-20(11-18(3,4)24-17)15-9-13(16(21)22)12-5-7-23-8-6-14(12)19-15/h9H,5-8,10-11H2,1-4H3,(H,21,22). The molecular formula is C18H26N2O4. The molecule has 2 aliphatic rings. The molecule has 0 atom stereocenters. The second-order valence-corrected chi connectivity index (χ2v) is 7.85. The Morgan fingerprint density at radius 2 is 1.79 bits per heavy atom. The molecule has 0 bridgehead atoms. The molecule has 0 spiro atoms. The molecule has 3 heterocycles. The van der Waals surface area contributed by atoms with Crippen LogP contribution in [0.2, 0.25) is 0 Å². The molecule has 1 saturated heterocycles. The molecule has 24 heavy (non-hydrogen) atoms. The SMILES string of the molecule is CC1(C)CN(c2cc(C(=O)O)c3c(n2)CCOCC3)CC(C)(C)O1. The zero-order valence-electron chi connectivity index (χ0n) is 14.9. The highest BCUT2D eigenvalue weighted by Crippen LogP contribution is 2.32. The number of carboxylic acid groups (broad SMARTS) is 1. The fourth-order valence-electron chi connectivity index (χ4n) is 3.84. The number of ether oxygens (including phenoxy) is 2. The normalized spacial score (nSPS) is 22.6. The number of morpholine rings is 1. The predicted molar refractivity (Wildman–Crippen MR) is 90.9 cm³/mol. The molecule has 1 N–H and O–H groups in total. The number of fused-ring (bicyclic) bond motifs is 1. The Balaban J connectivity index is 2.03. The first kappa shape index (κ1) is 17.2. The van der Waals surface area contributed by atoms with E-state index in [0.717, 1.165) is 17.1 Å². The van der Waals surface area contributed by atoms with Gasteiger partial charge in [-0.05, 0) is 45.7 Å². The zero-order chi connectivity index (χ0) is 17.5. The molecule has 1 fully saturated rings. The van der Waals surface area contributed by atoms with E-state index in [0.29, 0.717) is 44.7 Å². The van der Waals surface area contributed by atoms with Gasteiger partial charge in [0.1, 0.15) is 5.82 Å². The van der Waals surface area contributed by atoms with Crippen LogP contribution in [0.4, 0.5) is 5.82 Å². The topological polar surface area (TPSA) is 71.9 Å². The number of carbonyl (C=O) groups is 1. The monoisotopic (exact) mass is 334 g/mol. The molecule has 6 heteroatoms. The van der Waals surface area contributed by atoms with E-state index < -0.39 is 5.97 Å². The maximum atomic E-state index is 11.8. The molecule has 1 aromatic heterocycles. The highest BCUT2D eigenvalue weighted by Gasteiger charge is 2.39. The predicted octanol–water partition coefficient (Wildman–Crippen LogP) is 2.29. The molecule has 132 valence electrons. The minimum atomic E-state index is -0.899. The first-order valence-corrected chi connectivity index (χ1v) is 8.46. The molecule has 6 nitrogen and oxygen atoms in total. The summed E-state index contributed by atoms with van der Waals surface area (Å²) in [6.45, 7) is 10.7. The van der Waals surface area contributed by atoms with Gasteiger partial charge in [0.25, 0.3) is 0 Å². The second kappa shape index (κ2) is 6.01. The Kier molecular flexibility index (Phi) is 4.30. The second-order valence-electron chi connectivity index (χ2n) is 7.85. The molecule has 0 saturated carbocycles. The molecule has 1 aromatic rings. The van der Waals surface area contributed by atoms with Crippen molar-refractivity contribution in [2.24, 2.45) is 0 Å². The van der Waals surface area contributed by atoms with Crippen molar-refractivity contribution in [3.8, 4) is 0 Å². The molecule has 0 aromatic carbocycles. The number of aromatic carboxylic acids is 1. The van der Waals surface area contributed by atoms with E-state index in [1.165, 1.54) is 0 Å². The van der Waals surface area contributed by atoms with Crippen LogP contribution in [0.25, 0.3) is 0 Å². The van der Waals surface area contributed by atoms with Crippen LogP contribution in [-0.4, -0.2) is 53.6 Å². The third kappa shape index (κ3) is 3.54. The van der Waals surface area contributed by atoms with E-state index in [4.69, 9.17) is 14.5 Å². The van der Waals surface area contributed by atoms with Crippen LogP contribution in [0.15, 0.2) is 6.07 Å². The lowest BCUT2D eigenvalue weighted by Crippen LogP contribution is -2.57. The van der Waals surface area contributed by atoms with E-state index in [2.05, 4.69) is 32.6 Å². The molecule has 0 aliphatic carbocycles. The van der Waals surface area contributed by atoms with Crippen LogP contribution < -0.4 is 4.90 Å². The summed E-state index contributed by atoms with van der Waals surface area (Å²) in [7, 11) is 0. The smallest absolute Gasteiger partial charge is 0.336 e. The van der Waals surface area contributed by atoms with Crippen molar-refractivity contribution >= 4 is 11.8 Å². The van der Waals surface area contributed by atoms with Crippen LogP contribution in [0.5, 0.6) is 0 Å². The Morgan fingerprint density at radius 3 is 2.42 bits per heavy atom. The van der Waals surface area contributed by atoms with Gasteiger partial charge in [0, 0.05) is 25.2 Å². The Bertz CT molecular complexity index is 639. The fraction of sp³-hybridized carbons (Fsp3) is 0.667. The molecular weight excluding hydrogens is 308 g/mol. The highest BCUT2D eigenvalue weighted by molar-refractivity contribution is 5.90. The van der Waals surface area contributed by atoms with Crippen LogP contribution in [0, 0.1) is 0 Å². The number of carboxylic acids is 1. The van der Waals surface area contributed by atoms with Gasteiger partial charge in [-0.1, -0.05) is 0 Å². The van der Waals surface area contributed by atoms with Gasteiger partial charge in [0.05, 0.1) is 30.0 Å². The summed E-state index contributed by atoms with van der Waals surface area (Å²) >= 11 is 0. The summed E-state index contributed by atoms with van der Waals surface area (Å²) in [5.74, 6) is -0.180. The van der Waals surface area contributed by atoms with Gasteiger partial charge in [-0.2, -0.15) is 0 Å². The Morgan fingerprint density at radius 1 is 1.17 bits per heavy atom. The number of pyridine rings is 1. The minimum Gasteiger partial charge on any atom is -0.478 e. The highest BCUT2D eigenvalue weighted by atomic mass is 16.5.